The Morgan fingerprint density at radius 1 is 1.35 bits per heavy atom. The minimum atomic E-state index is 0.0993. The van der Waals surface area contributed by atoms with Gasteiger partial charge in [0.2, 0.25) is 0 Å². The molecule has 0 unspecified atom stereocenters. The highest BCUT2D eigenvalue weighted by Crippen LogP contribution is 2.35. The molecule has 112 valence electrons. The monoisotopic (exact) mass is 296 g/mol. The highest BCUT2D eigenvalue weighted by molar-refractivity contribution is 6.33. The first kappa shape index (κ1) is 15.6. The summed E-state index contributed by atoms with van der Waals surface area (Å²) in [4.78, 5) is 2.23. The van der Waals surface area contributed by atoms with Crippen molar-refractivity contribution < 1.29 is 5.11 Å². The molecule has 0 spiro atoms. The first-order valence-corrected chi connectivity index (χ1v) is 7.69. The summed E-state index contributed by atoms with van der Waals surface area (Å²) in [6, 6.07) is 6.78. The number of hydrogen-bond donors (Lipinski definition) is 2. The van der Waals surface area contributed by atoms with Gasteiger partial charge in [0.15, 0.2) is 0 Å². The van der Waals surface area contributed by atoms with Gasteiger partial charge < -0.3 is 15.3 Å². The van der Waals surface area contributed by atoms with Crippen LogP contribution < -0.4 is 10.2 Å². The Morgan fingerprint density at radius 2 is 2.05 bits per heavy atom. The Hall–Kier alpha value is -0.770. The van der Waals surface area contributed by atoms with Gasteiger partial charge in [-0.2, -0.15) is 0 Å². The molecule has 1 aromatic rings. The van der Waals surface area contributed by atoms with Crippen LogP contribution in [0.4, 0.5) is 5.69 Å². The van der Waals surface area contributed by atoms with E-state index in [0.717, 1.165) is 17.3 Å². The van der Waals surface area contributed by atoms with Gasteiger partial charge in [0.25, 0.3) is 0 Å². The minimum Gasteiger partial charge on any atom is -0.395 e. The number of aliphatic hydroxyl groups is 1. The van der Waals surface area contributed by atoms with Gasteiger partial charge in [-0.3, -0.25) is 0 Å². The van der Waals surface area contributed by atoms with Crippen LogP contribution in [0.3, 0.4) is 0 Å². The van der Waals surface area contributed by atoms with E-state index in [0.29, 0.717) is 12.6 Å². The Bertz CT molecular complexity index is 452. The molecule has 3 nitrogen and oxygen atoms in total. The maximum absolute atomic E-state index is 9.20. The van der Waals surface area contributed by atoms with E-state index in [1.165, 1.54) is 18.4 Å². The van der Waals surface area contributed by atoms with Crippen molar-refractivity contribution in [1.82, 2.24) is 5.32 Å². The third-order valence-corrected chi connectivity index (χ3v) is 3.78. The van der Waals surface area contributed by atoms with Gasteiger partial charge in [-0.05, 0) is 51.3 Å². The average molecular weight is 297 g/mol. The lowest BCUT2D eigenvalue weighted by atomic mass is 10.1. The summed E-state index contributed by atoms with van der Waals surface area (Å²) in [6.07, 6.45) is 2.40. The molecule has 2 rings (SSSR count). The number of rotatable bonds is 6. The molecule has 2 N–H and O–H groups in total. The van der Waals surface area contributed by atoms with Crippen LogP contribution in [0.5, 0.6) is 0 Å². The second-order valence-corrected chi connectivity index (χ2v) is 6.94. The van der Waals surface area contributed by atoms with E-state index in [2.05, 4.69) is 43.1 Å². The smallest absolute Gasteiger partial charge is 0.0642 e. The van der Waals surface area contributed by atoms with E-state index in [9.17, 15) is 5.11 Å². The van der Waals surface area contributed by atoms with Gasteiger partial charge in [-0.25, -0.2) is 0 Å². The Kier molecular flexibility index (Phi) is 4.95. The van der Waals surface area contributed by atoms with Crippen molar-refractivity contribution in [2.75, 3.05) is 18.1 Å². The summed E-state index contributed by atoms with van der Waals surface area (Å²) in [5.41, 5.74) is 2.33. The van der Waals surface area contributed by atoms with Gasteiger partial charge in [-0.15, -0.1) is 0 Å². The normalized spacial score (nSPS) is 15.4. The lowest BCUT2D eigenvalue weighted by Crippen LogP contribution is -2.35. The zero-order valence-corrected chi connectivity index (χ0v) is 13.4. The van der Waals surface area contributed by atoms with E-state index in [1.807, 2.05) is 6.07 Å². The van der Waals surface area contributed by atoms with Crippen molar-refractivity contribution in [2.24, 2.45) is 0 Å². The molecule has 20 heavy (non-hydrogen) atoms. The second kappa shape index (κ2) is 6.33. The Balaban J connectivity index is 2.08. The molecule has 1 aromatic carbocycles. The van der Waals surface area contributed by atoms with Crippen LogP contribution in [-0.2, 0) is 6.54 Å². The highest BCUT2D eigenvalue weighted by atomic mass is 35.5. The molecular formula is C16H25ClN2O. The van der Waals surface area contributed by atoms with E-state index >= 15 is 0 Å². The minimum absolute atomic E-state index is 0.0993. The Morgan fingerprint density at radius 3 is 2.55 bits per heavy atom. The SMILES string of the molecule is CC(C)(C)NCc1ccc(N(CCO)C2CC2)c(Cl)c1. The molecule has 0 saturated heterocycles. The maximum atomic E-state index is 9.20. The zero-order valence-electron chi connectivity index (χ0n) is 12.6. The predicted molar refractivity (Wildman–Crippen MR) is 85.5 cm³/mol. The quantitative estimate of drug-likeness (QED) is 0.846. The molecule has 0 bridgehead atoms. The van der Waals surface area contributed by atoms with Crippen molar-refractivity contribution in [3.05, 3.63) is 28.8 Å². The van der Waals surface area contributed by atoms with Crippen LogP contribution in [0, 0.1) is 0 Å². The highest BCUT2D eigenvalue weighted by Gasteiger charge is 2.29. The average Bonchev–Trinajstić information content (AvgIpc) is 3.18. The zero-order chi connectivity index (χ0) is 14.8. The molecule has 0 amide bonds. The number of nitrogens with zero attached hydrogens (tertiary/aromatic N) is 1. The van der Waals surface area contributed by atoms with E-state index in [4.69, 9.17) is 11.6 Å². The molecule has 0 aromatic heterocycles. The molecule has 0 atom stereocenters. The summed E-state index contributed by atoms with van der Waals surface area (Å²) >= 11 is 6.43. The van der Waals surface area contributed by atoms with Crippen molar-refractivity contribution in [1.29, 1.82) is 0 Å². The molecule has 1 aliphatic carbocycles. The molecule has 0 heterocycles. The number of aliphatic hydroxyl groups excluding tert-OH is 1. The van der Waals surface area contributed by atoms with Crippen LogP contribution in [0.2, 0.25) is 5.02 Å². The molecule has 0 aliphatic heterocycles. The van der Waals surface area contributed by atoms with Crippen LogP contribution in [0.25, 0.3) is 0 Å². The van der Waals surface area contributed by atoms with Crippen LogP contribution in [-0.4, -0.2) is 29.8 Å². The summed E-state index contributed by atoms with van der Waals surface area (Å²) in [7, 11) is 0. The lowest BCUT2D eigenvalue weighted by molar-refractivity contribution is 0.301. The van der Waals surface area contributed by atoms with Gasteiger partial charge in [0, 0.05) is 24.7 Å². The molecule has 1 saturated carbocycles. The topological polar surface area (TPSA) is 35.5 Å². The summed E-state index contributed by atoms with van der Waals surface area (Å²) in [5, 5.41) is 13.4. The van der Waals surface area contributed by atoms with Crippen molar-refractivity contribution in [3.63, 3.8) is 0 Å². The molecular weight excluding hydrogens is 272 g/mol. The van der Waals surface area contributed by atoms with Crippen LogP contribution >= 0.6 is 11.6 Å². The van der Waals surface area contributed by atoms with Gasteiger partial charge in [0.05, 0.1) is 17.3 Å². The third kappa shape index (κ3) is 4.37. The van der Waals surface area contributed by atoms with Crippen molar-refractivity contribution in [2.45, 2.75) is 51.7 Å². The van der Waals surface area contributed by atoms with Crippen LogP contribution in [0.15, 0.2) is 18.2 Å². The maximum Gasteiger partial charge on any atom is 0.0642 e. The first-order valence-electron chi connectivity index (χ1n) is 7.31. The standard InChI is InChI=1S/C16H25ClN2O/c1-16(2,3)18-11-12-4-7-15(14(17)10-12)19(8-9-20)13-5-6-13/h4,7,10,13,18,20H,5-6,8-9,11H2,1-3H3. The fourth-order valence-corrected chi connectivity index (χ4v) is 2.57. The molecule has 0 radical (unpaired) electrons. The molecule has 1 fully saturated rings. The first-order chi connectivity index (χ1) is 9.40. The van der Waals surface area contributed by atoms with Gasteiger partial charge >= 0.3 is 0 Å². The Labute approximate surface area is 126 Å². The van der Waals surface area contributed by atoms with Crippen LogP contribution in [0.1, 0.15) is 39.2 Å². The molecule has 1 aliphatic rings. The summed E-state index contributed by atoms with van der Waals surface area (Å²) < 4.78 is 0. The number of hydrogen-bond acceptors (Lipinski definition) is 3. The fourth-order valence-electron chi connectivity index (χ4n) is 2.25. The predicted octanol–water partition coefficient (Wildman–Crippen LogP) is 3.19. The fraction of sp³-hybridized carbons (Fsp3) is 0.625. The third-order valence-electron chi connectivity index (χ3n) is 3.47. The van der Waals surface area contributed by atoms with E-state index < -0.39 is 0 Å². The lowest BCUT2D eigenvalue weighted by Gasteiger charge is -2.25. The van der Waals surface area contributed by atoms with Crippen molar-refractivity contribution >= 4 is 17.3 Å². The largest absolute Gasteiger partial charge is 0.395 e. The number of halogens is 1. The van der Waals surface area contributed by atoms with Gasteiger partial charge in [0.1, 0.15) is 0 Å². The number of benzene rings is 1. The summed E-state index contributed by atoms with van der Waals surface area (Å²) in [6.45, 7) is 8.09. The summed E-state index contributed by atoms with van der Waals surface area (Å²) in [5.74, 6) is 0. The molecule has 4 heteroatoms. The van der Waals surface area contributed by atoms with Crippen molar-refractivity contribution in [3.8, 4) is 0 Å². The number of anilines is 1. The van der Waals surface area contributed by atoms with E-state index in [1.54, 1.807) is 0 Å². The second-order valence-electron chi connectivity index (χ2n) is 6.54. The van der Waals surface area contributed by atoms with E-state index in [-0.39, 0.29) is 12.1 Å². The number of nitrogens with one attached hydrogen (secondary N) is 1. The van der Waals surface area contributed by atoms with Gasteiger partial charge in [-0.1, -0.05) is 17.7 Å².